The van der Waals surface area contributed by atoms with E-state index in [1.54, 1.807) is 0 Å². The fourth-order valence-corrected chi connectivity index (χ4v) is 2.33. The zero-order chi connectivity index (χ0) is 15.2. The Hall–Kier alpha value is -1.86. The SMILES string of the molecule is COc1cc(CO)c([N+](=O)[O-])cc1OCCC1CCCO1. The van der Waals surface area contributed by atoms with Crippen LogP contribution in [0, 0.1) is 10.1 Å². The van der Waals surface area contributed by atoms with Gasteiger partial charge in [-0.3, -0.25) is 10.1 Å². The predicted molar refractivity (Wildman–Crippen MR) is 74.7 cm³/mol. The fraction of sp³-hybridized carbons (Fsp3) is 0.571. The van der Waals surface area contributed by atoms with Gasteiger partial charge in [-0.1, -0.05) is 0 Å². The molecule has 0 bridgehead atoms. The van der Waals surface area contributed by atoms with E-state index in [2.05, 4.69) is 0 Å². The third-order valence-electron chi connectivity index (χ3n) is 3.45. The number of nitro benzene ring substituents is 1. The van der Waals surface area contributed by atoms with Crippen LogP contribution in [0.25, 0.3) is 0 Å². The minimum Gasteiger partial charge on any atom is -0.493 e. The molecule has 21 heavy (non-hydrogen) atoms. The van der Waals surface area contributed by atoms with Crippen LogP contribution in [-0.4, -0.2) is 36.5 Å². The average Bonchev–Trinajstić information content (AvgIpc) is 2.99. The maximum Gasteiger partial charge on any atom is 0.278 e. The van der Waals surface area contributed by atoms with Crippen LogP contribution >= 0.6 is 0 Å². The number of nitro groups is 1. The van der Waals surface area contributed by atoms with E-state index in [0.717, 1.165) is 25.9 Å². The van der Waals surface area contributed by atoms with Crippen molar-refractivity contribution in [1.82, 2.24) is 0 Å². The fourth-order valence-electron chi connectivity index (χ4n) is 2.33. The topological polar surface area (TPSA) is 91.1 Å². The van der Waals surface area contributed by atoms with E-state index < -0.39 is 11.5 Å². The van der Waals surface area contributed by atoms with E-state index in [1.807, 2.05) is 0 Å². The number of aliphatic hydroxyl groups excluding tert-OH is 1. The molecule has 1 atom stereocenters. The standard InChI is InChI=1S/C14H19NO6/c1-19-13-7-10(9-16)12(15(17)18)8-14(13)21-6-4-11-3-2-5-20-11/h7-8,11,16H,2-6,9H2,1H3. The first-order chi connectivity index (χ1) is 10.2. The van der Waals surface area contributed by atoms with Crippen LogP contribution in [0.4, 0.5) is 5.69 Å². The highest BCUT2D eigenvalue weighted by molar-refractivity contribution is 5.54. The van der Waals surface area contributed by atoms with Crippen molar-refractivity contribution in [3.63, 3.8) is 0 Å². The largest absolute Gasteiger partial charge is 0.493 e. The van der Waals surface area contributed by atoms with Gasteiger partial charge >= 0.3 is 0 Å². The molecule has 1 aromatic rings. The Labute approximate surface area is 122 Å². The normalized spacial score (nSPS) is 17.7. The van der Waals surface area contributed by atoms with E-state index in [4.69, 9.17) is 14.2 Å². The maximum absolute atomic E-state index is 11.0. The van der Waals surface area contributed by atoms with Crippen molar-refractivity contribution >= 4 is 5.69 Å². The summed E-state index contributed by atoms with van der Waals surface area (Å²) >= 11 is 0. The molecule has 1 N–H and O–H groups in total. The van der Waals surface area contributed by atoms with Crippen molar-refractivity contribution in [2.24, 2.45) is 0 Å². The van der Waals surface area contributed by atoms with Crippen LogP contribution in [0.5, 0.6) is 11.5 Å². The molecular formula is C14H19NO6. The number of aliphatic hydroxyl groups is 1. The molecule has 1 aliphatic rings. The molecule has 1 aliphatic heterocycles. The molecule has 1 saturated heterocycles. The van der Waals surface area contributed by atoms with Gasteiger partial charge in [0, 0.05) is 13.0 Å². The third-order valence-corrected chi connectivity index (χ3v) is 3.45. The Bertz CT molecular complexity index is 498. The van der Waals surface area contributed by atoms with Crippen molar-refractivity contribution in [2.45, 2.75) is 32.0 Å². The van der Waals surface area contributed by atoms with E-state index >= 15 is 0 Å². The molecule has 1 fully saturated rings. The molecule has 1 heterocycles. The van der Waals surface area contributed by atoms with Crippen molar-refractivity contribution < 1.29 is 24.2 Å². The second kappa shape index (κ2) is 7.24. The molecule has 0 saturated carbocycles. The minimum atomic E-state index is -0.544. The van der Waals surface area contributed by atoms with Gasteiger partial charge in [-0.05, 0) is 18.9 Å². The van der Waals surface area contributed by atoms with Gasteiger partial charge < -0.3 is 19.3 Å². The molecule has 1 aromatic carbocycles. The summed E-state index contributed by atoms with van der Waals surface area (Å²) in [5, 5.41) is 20.2. The van der Waals surface area contributed by atoms with E-state index in [1.165, 1.54) is 19.2 Å². The van der Waals surface area contributed by atoms with Crippen LogP contribution in [-0.2, 0) is 11.3 Å². The summed E-state index contributed by atoms with van der Waals surface area (Å²) in [4.78, 5) is 10.4. The molecule has 2 rings (SSSR count). The molecule has 116 valence electrons. The zero-order valence-electron chi connectivity index (χ0n) is 11.9. The number of hydrogen-bond donors (Lipinski definition) is 1. The molecule has 0 amide bonds. The first kappa shape index (κ1) is 15.5. The van der Waals surface area contributed by atoms with Crippen molar-refractivity contribution in [1.29, 1.82) is 0 Å². The molecule has 7 nitrogen and oxygen atoms in total. The lowest BCUT2D eigenvalue weighted by Gasteiger charge is -2.14. The van der Waals surface area contributed by atoms with Gasteiger partial charge in [-0.2, -0.15) is 0 Å². The van der Waals surface area contributed by atoms with Crippen LogP contribution < -0.4 is 9.47 Å². The van der Waals surface area contributed by atoms with Gasteiger partial charge in [0.05, 0.1) is 43.0 Å². The number of benzene rings is 1. The highest BCUT2D eigenvalue weighted by atomic mass is 16.6. The summed E-state index contributed by atoms with van der Waals surface area (Å²) in [5.74, 6) is 0.677. The lowest BCUT2D eigenvalue weighted by Crippen LogP contribution is -2.11. The maximum atomic E-state index is 11.0. The van der Waals surface area contributed by atoms with Gasteiger partial charge in [-0.15, -0.1) is 0 Å². The van der Waals surface area contributed by atoms with Crippen molar-refractivity contribution in [3.05, 3.63) is 27.8 Å². The third kappa shape index (κ3) is 3.83. The molecule has 7 heteroatoms. The number of rotatable bonds is 7. The van der Waals surface area contributed by atoms with Gasteiger partial charge in [0.2, 0.25) is 0 Å². The van der Waals surface area contributed by atoms with E-state index in [0.29, 0.717) is 18.1 Å². The highest BCUT2D eigenvalue weighted by Gasteiger charge is 2.20. The lowest BCUT2D eigenvalue weighted by atomic mass is 10.1. The summed E-state index contributed by atoms with van der Waals surface area (Å²) in [7, 11) is 1.45. The second-order valence-corrected chi connectivity index (χ2v) is 4.82. The van der Waals surface area contributed by atoms with Gasteiger partial charge in [0.25, 0.3) is 5.69 Å². The summed E-state index contributed by atoms with van der Waals surface area (Å²) < 4.78 is 16.2. The van der Waals surface area contributed by atoms with Crippen LogP contribution in [0.2, 0.25) is 0 Å². The quantitative estimate of drug-likeness (QED) is 0.611. The smallest absolute Gasteiger partial charge is 0.278 e. The first-order valence-corrected chi connectivity index (χ1v) is 6.86. The Morgan fingerprint density at radius 3 is 2.86 bits per heavy atom. The number of hydrogen-bond acceptors (Lipinski definition) is 6. The first-order valence-electron chi connectivity index (χ1n) is 6.86. The van der Waals surface area contributed by atoms with E-state index in [-0.39, 0.29) is 17.4 Å². The summed E-state index contributed by atoms with van der Waals surface area (Å²) in [6.45, 7) is 0.754. The number of nitrogens with zero attached hydrogens (tertiary/aromatic N) is 1. The van der Waals surface area contributed by atoms with Crippen molar-refractivity contribution in [2.75, 3.05) is 20.3 Å². The van der Waals surface area contributed by atoms with Crippen LogP contribution in [0.1, 0.15) is 24.8 Å². The Morgan fingerprint density at radius 1 is 1.48 bits per heavy atom. The number of ether oxygens (including phenoxy) is 3. The Balaban J connectivity index is 2.08. The molecular weight excluding hydrogens is 278 g/mol. The summed E-state index contributed by atoms with van der Waals surface area (Å²) in [6, 6.07) is 2.72. The molecule has 1 unspecified atom stereocenters. The van der Waals surface area contributed by atoms with Gasteiger partial charge in [-0.25, -0.2) is 0 Å². The Kier molecular flexibility index (Phi) is 5.35. The molecule has 0 aliphatic carbocycles. The van der Waals surface area contributed by atoms with E-state index in [9.17, 15) is 15.2 Å². The molecule has 0 aromatic heterocycles. The average molecular weight is 297 g/mol. The van der Waals surface area contributed by atoms with Gasteiger partial charge in [0.1, 0.15) is 0 Å². The van der Waals surface area contributed by atoms with Gasteiger partial charge in [0.15, 0.2) is 11.5 Å². The minimum absolute atomic E-state index is 0.176. The highest BCUT2D eigenvalue weighted by Crippen LogP contribution is 2.35. The summed E-state index contributed by atoms with van der Waals surface area (Å²) in [5.41, 5.74) is 0.0220. The number of methoxy groups -OCH3 is 1. The monoisotopic (exact) mass is 297 g/mol. The lowest BCUT2D eigenvalue weighted by molar-refractivity contribution is -0.385. The Morgan fingerprint density at radius 2 is 2.29 bits per heavy atom. The zero-order valence-corrected chi connectivity index (χ0v) is 11.9. The molecule has 0 radical (unpaired) electrons. The molecule has 0 spiro atoms. The van der Waals surface area contributed by atoms with Crippen LogP contribution in [0.15, 0.2) is 12.1 Å². The second-order valence-electron chi connectivity index (χ2n) is 4.82. The predicted octanol–water partition coefficient (Wildman–Crippen LogP) is 2.04. The van der Waals surface area contributed by atoms with Crippen LogP contribution in [0.3, 0.4) is 0 Å². The van der Waals surface area contributed by atoms with Crippen molar-refractivity contribution in [3.8, 4) is 11.5 Å². The summed E-state index contributed by atoms with van der Waals surface area (Å²) in [6.07, 6.45) is 3.01.